The Morgan fingerprint density at radius 3 is 2.56 bits per heavy atom. The number of carboxylic acid groups (broad SMARTS) is 1. The summed E-state index contributed by atoms with van der Waals surface area (Å²) in [5.74, 6) is -0.393. The van der Waals surface area contributed by atoms with Gasteiger partial charge < -0.3 is 14.7 Å². The first kappa shape index (κ1) is 17.7. The molecule has 1 fully saturated rings. The van der Waals surface area contributed by atoms with Crippen molar-refractivity contribution in [2.24, 2.45) is 5.92 Å². The van der Waals surface area contributed by atoms with E-state index in [1.807, 2.05) is 35.2 Å². The normalized spacial score (nSPS) is 17.0. The van der Waals surface area contributed by atoms with E-state index in [0.717, 1.165) is 36.0 Å². The van der Waals surface area contributed by atoms with E-state index in [4.69, 9.17) is 4.74 Å². The molecule has 2 aromatic rings. The van der Waals surface area contributed by atoms with Gasteiger partial charge in [0.15, 0.2) is 0 Å². The Kier molecular flexibility index (Phi) is 4.94. The Morgan fingerprint density at radius 2 is 1.78 bits per heavy atom. The number of rotatable bonds is 4. The number of ether oxygens (including phenoxy) is 1. The first-order valence-electron chi connectivity index (χ1n) is 9.42. The minimum atomic E-state index is -0.876. The fraction of sp³-hybridized carbons (Fsp3) is 0.364. The number of hydrogen-bond donors (Lipinski definition) is 1. The SMILES string of the molecule is O=C(O)c1ccccc1CC1CCN(C(=O)c2ccc3c(c2)COC3)CC1. The van der Waals surface area contributed by atoms with E-state index in [2.05, 4.69) is 0 Å². The Morgan fingerprint density at radius 1 is 1.04 bits per heavy atom. The predicted molar refractivity (Wildman–Crippen MR) is 101 cm³/mol. The lowest BCUT2D eigenvalue weighted by Gasteiger charge is -2.32. The molecule has 0 radical (unpaired) electrons. The Bertz CT molecular complexity index is 868. The third-order valence-electron chi connectivity index (χ3n) is 5.63. The van der Waals surface area contributed by atoms with Crippen LogP contribution in [0.3, 0.4) is 0 Å². The van der Waals surface area contributed by atoms with Gasteiger partial charge in [-0.2, -0.15) is 0 Å². The molecule has 1 amide bonds. The Labute approximate surface area is 158 Å². The smallest absolute Gasteiger partial charge is 0.335 e. The maximum atomic E-state index is 12.8. The van der Waals surface area contributed by atoms with Crippen molar-refractivity contribution in [3.05, 3.63) is 70.3 Å². The third-order valence-corrected chi connectivity index (χ3v) is 5.63. The molecule has 2 aromatic carbocycles. The highest BCUT2D eigenvalue weighted by atomic mass is 16.5. The third kappa shape index (κ3) is 3.74. The van der Waals surface area contributed by atoms with Gasteiger partial charge >= 0.3 is 5.97 Å². The highest BCUT2D eigenvalue weighted by Crippen LogP contribution is 2.26. The van der Waals surface area contributed by atoms with Gasteiger partial charge in [0, 0.05) is 18.7 Å². The Hall–Kier alpha value is -2.66. The number of piperidine rings is 1. The fourth-order valence-corrected chi connectivity index (χ4v) is 4.05. The number of fused-ring (bicyclic) bond motifs is 1. The molecule has 140 valence electrons. The standard InChI is InChI=1S/C22H23NO4/c24-21(17-5-6-18-13-27-14-19(18)12-17)23-9-7-15(8-10-23)11-16-3-1-2-4-20(16)22(25)26/h1-6,12,15H,7-11,13-14H2,(H,25,26). The van der Waals surface area contributed by atoms with Crippen LogP contribution in [0.2, 0.25) is 0 Å². The average Bonchev–Trinajstić information content (AvgIpc) is 3.16. The van der Waals surface area contributed by atoms with Gasteiger partial charge in [-0.05, 0) is 60.1 Å². The van der Waals surface area contributed by atoms with Gasteiger partial charge in [0.05, 0.1) is 18.8 Å². The van der Waals surface area contributed by atoms with Crippen molar-refractivity contribution in [3.63, 3.8) is 0 Å². The van der Waals surface area contributed by atoms with E-state index in [9.17, 15) is 14.7 Å². The van der Waals surface area contributed by atoms with Gasteiger partial charge in [0.1, 0.15) is 0 Å². The molecule has 5 nitrogen and oxygen atoms in total. The fourth-order valence-electron chi connectivity index (χ4n) is 4.05. The topological polar surface area (TPSA) is 66.8 Å². The van der Waals surface area contributed by atoms with E-state index in [1.165, 1.54) is 5.56 Å². The zero-order valence-corrected chi connectivity index (χ0v) is 15.2. The number of carbonyl (C=O) groups excluding carboxylic acids is 1. The molecular formula is C22H23NO4. The second-order valence-corrected chi connectivity index (χ2v) is 7.38. The molecule has 0 spiro atoms. The zero-order chi connectivity index (χ0) is 18.8. The van der Waals surface area contributed by atoms with Gasteiger partial charge in [-0.15, -0.1) is 0 Å². The van der Waals surface area contributed by atoms with Crippen molar-refractivity contribution >= 4 is 11.9 Å². The molecule has 1 saturated heterocycles. The summed E-state index contributed by atoms with van der Waals surface area (Å²) < 4.78 is 5.43. The van der Waals surface area contributed by atoms with Gasteiger partial charge in [-0.25, -0.2) is 4.79 Å². The van der Waals surface area contributed by atoms with Crippen molar-refractivity contribution in [2.45, 2.75) is 32.5 Å². The molecule has 0 bridgehead atoms. The molecule has 2 aliphatic rings. The van der Waals surface area contributed by atoms with Gasteiger partial charge in [-0.1, -0.05) is 24.3 Å². The summed E-state index contributed by atoms with van der Waals surface area (Å²) in [5.41, 5.74) is 4.28. The molecule has 0 aromatic heterocycles. The van der Waals surface area contributed by atoms with Crippen molar-refractivity contribution in [1.82, 2.24) is 4.90 Å². The van der Waals surface area contributed by atoms with Crippen LogP contribution in [0.15, 0.2) is 42.5 Å². The van der Waals surface area contributed by atoms with Gasteiger partial charge in [-0.3, -0.25) is 4.79 Å². The van der Waals surface area contributed by atoms with E-state index in [1.54, 1.807) is 12.1 Å². The largest absolute Gasteiger partial charge is 0.478 e. The molecule has 2 heterocycles. The van der Waals surface area contributed by atoms with Crippen LogP contribution in [0.25, 0.3) is 0 Å². The van der Waals surface area contributed by atoms with E-state index in [-0.39, 0.29) is 5.91 Å². The van der Waals surface area contributed by atoms with Crippen LogP contribution in [-0.2, 0) is 24.4 Å². The van der Waals surface area contributed by atoms with Crippen molar-refractivity contribution in [1.29, 1.82) is 0 Å². The van der Waals surface area contributed by atoms with Crippen LogP contribution in [-0.4, -0.2) is 35.0 Å². The molecule has 0 aliphatic carbocycles. The van der Waals surface area contributed by atoms with Crippen LogP contribution in [0, 0.1) is 5.92 Å². The van der Waals surface area contributed by atoms with E-state index in [0.29, 0.717) is 37.8 Å². The van der Waals surface area contributed by atoms with Crippen LogP contribution in [0.4, 0.5) is 0 Å². The monoisotopic (exact) mass is 365 g/mol. The highest BCUT2D eigenvalue weighted by Gasteiger charge is 2.25. The molecule has 1 N–H and O–H groups in total. The summed E-state index contributed by atoms with van der Waals surface area (Å²) in [7, 11) is 0. The van der Waals surface area contributed by atoms with Crippen LogP contribution in [0.1, 0.15) is 50.2 Å². The molecule has 27 heavy (non-hydrogen) atoms. The number of carboxylic acids is 1. The molecule has 2 aliphatic heterocycles. The maximum Gasteiger partial charge on any atom is 0.335 e. The number of likely N-dealkylation sites (tertiary alicyclic amines) is 1. The summed E-state index contributed by atoms with van der Waals surface area (Å²) in [5, 5.41) is 9.34. The average molecular weight is 365 g/mol. The van der Waals surface area contributed by atoms with E-state index >= 15 is 0 Å². The first-order chi connectivity index (χ1) is 13.1. The van der Waals surface area contributed by atoms with Gasteiger partial charge in [0.2, 0.25) is 0 Å². The number of hydrogen-bond acceptors (Lipinski definition) is 3. The minimum absolute atomic E-state index is 0.0779. The second kappa shape index (κ2) is 7.53. The lowest BCUT2D eigenvalue weighted by atomic mass is 9.88. The zero-order valence-electron chi connectivity index (χ0n) is 15.2. The summed E-state index contributed by atoms with van der Waals surface area (Å²) in [4.78, 5) is 26.1. The van der Waals surface area contributed by atoms with Crippen molar-refractivity contribution in [3.8, 4) is 0 Å². The molecule has 5 heteroatoms. The number of benzene rings is 2. The number of nitrogens with zero attached hydrogens (tertiary/aromatic N) is 1. The summed E-state index contributed by atoms with van der Waals surface area (Å²) >= 11 is 0. The van der Waals surface area contributed by atoms with Crippen LogP contribution < -0.4 is 0 Å². The Balaban J connectivity index is 1.38. The first-order valence-corrected chi connectivity index (χ1v) is 9.42. The van der Waals surface area contributed by atoms with E-state index < -0.39 is 5.97 Å². The molecule has 4 rings (SSSR count). The second-order valence-electron chi connectivity index (χ2n) is 7.38. The van der Waals surface area contributed by atoms with Gasteiger partial charge in [0.25, 0.3) is 5.91 Å². The lowest BCUT2D eigenvalue weighted by molar-refractivity contribution is 0.0690. The summed E-state index contributed by atoms with van der Waals surface area (Å²) in [6.07, 6.45) is 2.54. The predicted octanol–water partition coefficient (Wildman–Crippen LogP) is 3.51. The molecule has 0 unspecified atom stereocenters. The summed E-state index contributed by atoms with van der Waals surface area (Å²) in [6, 6.07) is 13.0. The van der Waals surface area contributed by atoms with Crippen LogP contribution in [0.5, 0.6) is 0 Å². The number of aromatic carboxylic acids is 1. The molecule has 0 saturated carbocycles. The summed E-state index contributed by atoms with van der Waals surface area (Å²) in [6.45, 7) is 2.65. The number of carbonyl (C=O) groups is 2. The van der Waals surface area contributed by atoms with Crippen molar-refractivity contribution in [2.75, 3.05) is 13.1 Å². The highest BCUT2D eigenvalue weighted by molar-refractivity contribution is 5.94. The van der Waals surface area contributed by atoms with Crippen molar-refractivity contribution < 1.29 is 19.4 Å². The molecule has 0 atom stereocenters. The van der Waals surface area contributed by atoms with Crippen LogP contribution >= 0.6 is 0 Å². The molecular weight excluding hydrogens is 342 g/mol. The minimum Gasteiger partial charge on any atom is -0.478 e. The lowest BCUT2D eigenvalue weighted by Crippen LogP contribution is -2.39. The quantitative estimate of drug-likeness (QED) is 0.900. The maximum absolute atomic E-state index is 12.8. The number of amides is 1.